The van der Waals surface area contributed by atoms with Crippen LogP contribution in [0.5, 0.6) is 0 Å². The predicted molar refractivity (Wildman–Crippen MR) is 82.0 cm³/mol. The number of fused-ring (bicyclic) bond motifs is 1. The van der Waals surface area contributed by atoms with Crippen molar-refractivity contribution in [2.24, 2.45) is 11.8 Å². The maximum Gasteiger partial charge on any atom is 0.374 e. The van der Waals surface area contributed by atoms with Crippen LogP contribution in [0.15, 0.2) is 28.7 Å². The van der Waals surface area contributed by atoms with Crippen molar-refractivity contribution < 1.29 is 13.9 Å². The van der Waals surface area contributed by atoms with Gasteiger partial charge in [0.25, 0.3) is 0 Å². The first-order valence-electron chi connectivity index (χ1n) is 7.51. The highest BCUT2D eigenvalue weighted by Crippen LogP contribution is 2.31. The van der Waals surface area contributed by atoms with Gasteiger partial charge in [-0.25, -0.2) is 4.79 Å². The molecule has 1 aliphatic carbocycles. The lowest BCUT2D eigenvalue weighted by Gasteiger charge is -2.30. The van der Waals surface area contributed by atoms with Gasteiger partial charge in [-0.3, -0.25) is 0 Å². The van der Waals surface area contributed by atoms with Gasteiger partial charge < -0.3 is 14.9 Å². The predicted octanol–water partition coefficient (Wildman–Crippen LogP) is 4.00. The Hall–Kier alpha value is -1.97. The van der Waals surface area contributed by atoms with E-state index in [1.165, 1.54) is 6.42 Å². The lowest BCUT2D eigenvalue weighted by Crippen LogP contribution is -2.28. The number of carbonyl (C=O) groups is 1. The molecule has 2 atom stereocenters. The molecule has 112 valence electrons. The largest absolute Gasteiger partial charge is 0.457 e. The third kappa shape index (κ3) is 3.04. The van der Waals surface area contributed by atoms with Gasteiger partial charge in [0, 0.05) is 11.1 Å². The van der Waals surface area contributed by atoms with Crippen molar-refractivity contribution in [3.05, 3.63) is 30.0 Å². The lowest BCUT2D eigenvalue weighted by molar-refractivity contribution is 0.00520. The number of benzene rings is 1. The number of esters is 1. The fourth-order valence-corrected chi connectivity index (χ4v) is 3.34. The van der Waals surface area contributed by atoms with Crippen molar-refractivity contribution in [3.8, 4) is 0 Å². The first-order chi connectivity index (χ1) is 10.0. The van der Waals surface area contributed by atoms with E-state index in [2.05, 4.69) is 13.8 Å². The normalized spacial score (nSPS) is 25.9. The molecule has 1 aliphatic rings. The van der Waals surface area contributed by atoms with Crippen molar-refractivity contribution >= 4 is 22.6 Å². The molecule has 2 N–H and O–H groups in total. The molecule has 0 radical (unpaired) electrons. The van der Waals surface area contributed by atoms with E-state index in [-0.39, 0.29) is 17.8 Å². The highest BCUT2D eigenvalue weighted by molar-refractivity contribution is 5.93. The SMILES string of the molecule is CC1CC(C)CC(OC(=O)c2cc3cc(N)ccc3o2)C1. The van der Waals surface area contributed by atoms with Crippen LogP contribution in [0.25, 0.3) is 11.0 Å². The Morgan fingerprint density at radius 2 is 1.90 bits per heavy atom. The molecule has 2 unspecified atom stereocenters. The molecule has 1 heterocycles. The molecule has 1 aromatic carbocycles. The Bertz CT molecular complexity index is 651. The molecule has 1 aromatic heterocycles. The van der Waals surface area contributed by atoms with E-state index in [9.17, 15) is 4.79 Å². The van der Waals surface area contributed by atoms with Gasteiger partial charge in [0.1, 0.15) is 11.7 Å². The molecule has 0 spiro atoms. The third-order valence-electron chi connectivity index (χ3n) is 4.15. The molecule has 0 amide bonds. The molecule has 0 bridgehead atoms. The van der Waals surface area contributed by atoms with Gasteiger partial charge in [-0.05, 0) is 55.4 Å². The molecule has 1 saturated carbocycles. The number of rotatable bonds is 2. The van der Waals surface area contributed by atoms with Gasteiger partial charge in [-0.15, -0.1) is 0 Å². The van der Waals surface area contributed by atoms with Crippen LogP contribution >= 0.6 is 0 Å². The number of hydrogen-bond donors (Lipinski definition) is 1. The topological polar surface area (TPSA) is 65.5 Å². The number of nitrogens with two attached hydrogens (primary N) is 1. The van der Waals surface area contributed by atoms with Crippen LogP contribution in [0.3, 0.4) is 0 Å². The van der Waals surface area contributed by atoms with Crippen LogP contribution < -0.4 is 5.73 Å². The zero-order valence-corrected chi connectivity index (χ0v) is 12.5. The maximum absolute atomic E-state index is 12.2. The smallest absolute Gasteiger partial charge is 0.374 e. The molecule has 0 saturated heterocycles. The average molecular weight is 287 g/mol. The summed E-state index contributed by atoms with van der Waals surface area (Å²) in [5.74, 6) is 1.07. The second-order valence-electron chi connectivity index (χ2n) is 6.35. The highest BCUT2D eigenvalue weighted by atomic mass is 16.6. The van der Waals surface area contributed by atoms with E-state index in [0.717, 1.165) is 18.2 Å². The molecule has 1 fully saturated rings. The van der Waals surface area contributed by atoms with Gasteiger partial charge in [0.2, 0.25) is 5.76 Å². The molecule has 0 aliphatic heterocycles. The van der Waals surface area contributed by atoms with Crippen LogP contribution in [0.1, 0.15) is 43.7 Å². The molecule has 4 nitrogen and oxygen atoms in total. The van der Waals surface area contributed by atoms with Crippen molar-refractivity contribution in [2.75, 3.05) is 5.73 Å². The highest BCUT2D eigenvalue weighted by Gasteiger charge is 2.28. The van der Waals surface area contributed by atoms with E-state index in [1.807, 2.05) is 0 Å². The average Bonchev–Trinajstić information content (AvgIpc) is 2.80. The summed E-state index contributed by atoms with van der Waals surface area (Å²) < 4.78 is 11.2. The summed E-state index contributed by atoms with van der Waals surface area (Å²) in [4.78, 5) is 12.2. The van der Waals surface area contributed by atoms with E-state index in [4.69, 9.17) is 14.9 Å². The summed E-state index contributed by atoms with van der Waals surface area (Å²) in [6, 6.07) is 7.02. The lowest BCUT2D eigenvalue weighted by atomic mass is 9.82. The Balaban J connectivity index is 1.74. The van der Waals surface area contributed by atoms with Gasteiger partial charge in [-0.1, -0.05) is 13.8 Å². The van der Waals surface area contributed by atoms with Crippen LogP contribution in [-0.4, -0.2) is 12.1 Å². The minimum Gasteiger partial charge on any atom is -0.457 e. The van der Waals surface area contributed by atoms with Crippen LogP contribution in [-0.2, 0) is 4.74 Å². The first kappa shape index (κ1) is 14.0. The number of furan rings is 1. The molecule has 3 rings (SSSR count). The summed E-state index contributed by atoms with van der Waals surface area (Å²) in [6.07, 6.45) is 3.07. The summed E-state index contributed by atoms with van der Waals surface area (Å²) in [7, 11) is 0. The molecular formula is C17H21NO3. The second kappa shape index (κ2) is 5.43. The van der Waals surface area contributed by atoms with Crippen molar-refractivity contribution in [1.29, 1.82) is 0 Å². The zero-order valence-electron chi connectivity index (χ0n) is 12.5. The molecule has 2 aromatic rings. The first-order valence-corrected chi connectivity index (χ1v) is 7.51. The van der Waals surface area contributed by atoms with Crippen molar-refractivity contribution in [3.63, 3.8) is 0 Å². The maximum atomic E-state index is 12.2. The van der Waals surface area contributed by atoms with E-state index < -0.39 is 0 Å². The monoisotopic (exact) mass is 287 g/mol. The van der Waals surface area contributed by atoms with Crippen LogP contribution in [0, 0.1) is 11.8 Å². The van der Waals surface area contributed by atoms with Gasteiger partial charge >= 0.3 is 5.97 Å². The van der Waals surface area contributed by atoms with Crippen molar-refractivity contribution in [2.45, 2.75) is 39.2 Å². The van der Waals surface area contributed by atoms with Crippen molar-refractivity contribution in [1.82, 2.24) is 0 Å². The van der Waals surface area contributed by atoms with E-state index in [1.54, 1.807) is 24.3 Å². The minimum atomic E-state index is -0.379. The number of carbonyl (C=O) groups excluding carboxylic acids is 1. The Morgan fingerprint density at radius 1 is 1.19 bits per heavy atom. The molecule has 21 heavy (non-hydrogen) atoms. The third-order valence-corrected chi connectivity index (χ3v) is 4.15. The molecule has 4 heteroatoms. The number of nitrogen functional groups attached to an aromatic ring is 1. The van der Waals surface area contributed by atoms with E-state index in [0.29, 0.717) is 23.1 Å². The van der Waals surface area contributed by atoms with Crippen LogP contribution in [0.4, 0.5) is 5.69 Å². The zero-order chi connectivity index (χ0) is 15.0. The Kier molecular flexibility index (Phi) is 3.62. The van der Waals surface area contributed by atoms with Gasteiger partial charge in [-0.2, -0.15) is 0 Å². The Labute approximate surface area is 124 Å². The fourth-order valence-electron chi connectivity index (χ4n) is 3.34. The van der Waals surface area contributed by atoms with Gasteiger partial charge in [0.15, 0.2) is 0 Å². The Morgan fingerprint density at radius 3 is 2.62 bits per heavy atom. The summed E-state index contributed by atoms with van der Waals surface area (Å²) >= 11 is 0. The summed E-state index contributed by atoms with van der Waals surface area (Å²) in [6.45, 7) is 4.42. The molecular weight excluding hydrogens is 266 g/mol. The van der Waals surface area contributed by atoms with Crippen LogP contribution in [0.2, 0.25) is 0 Å². The number of hydrogen-bond acceptors (Lipinski definition) is 4. The summed E-state index contributed by atoms with van der Waals surface area (Å²) in [5.41, 5.74) is 7.04. The minimum absolute atomic E-state index is 0.00506. The fraction of sp³-hybridized carbons (Fsp3) is 0.471. The van der Waals surface area contributed by atoms with Gasteiger partial charge in [0.05, 0.1) is 0 Å². The number of ether oxygens (including phenoxy) is 1. The van der Waals surface area contributed by atoms with E-state index >= 15 is 0 Å². The number of anilines is 1. The standard InChI is InChI=1S/C17H21NO3/c1-10-5-11(2)7-14(6-10)20-17(19)16-9-12-8-13(18)3-4-15(12)21-16/h3-4,8-11,14H,5-7,18H2,1-2H3. The quantitative estimate of drug-likeness (QED) is 0.670. The summed E-state index contributed by atoms with van der Waals surface area (Å²) in [5, 5.41) is 0.826. The second-order valence-corrected chi connectivity index (χ2v) is 6.35.